The second-order valence-corrected chi connectivity index (χ2v) is 4.73. The normalized spacial score (nSPS) is 13.2. The van der Waals surface area contributed by atoms with Gasteiger partial charge in [0.1, 0.15) is 12.4 Å². The molecule has 0 saturated carbocycles. The van der Waals surface area contributed by atoms with E-state index >= 15 is 0 Å². The van der Waals surface area contributed by atoms with Gasteiger partial charge in [-0.2, -0.15) is 0 Å². The average Bonchev–Trinajstić information content (AvgIpc) is 2.26. The Labute approximate surface area is 101 Å². The summed E-state index contributed by atoms with van der Waals surface area (Å²) >= 11 is 0. The van der Waals surface area contributed by atoms with Gasteiger partial charge in [0.2, 0.25) is 0 Å². The van der Waals surface area contributed by atoms with Crippen molar-refractivity contribution in [3.05, 3.63) is 29.8 Å². The van der Waals surface area contributed by atoms with Crippen LogP contribution >= 0.6 is 0 Å². The van der Waals surface area contributed by atoms with Crippen LogP contribution in [0.3, 0.4) is 0 Å². The number of carboxylic acids is 1. The number of hydrogen-bond acceptors (Lipinski definition) is 3. The SMILES string of the molecule is C[C@@H](O)c1cccc(OCC(C)(C)C(=O)O)c1. The molecule has 0 unspecified atom stereocenters. The third kappa shape index (κ3) is 3.75. The molecule has 0 heterocycles. The summed E-state index contributed by atoms with van der Waals surface area (Å²) in [6.45, 7) is 4.97. The highest BCUT2D eigenvalue weighted by molar-refractivity contribution is 5.73. The molecule has 4 heteroatoms. The molecular formula is C13H18O4. The third-order valence-electron chi connectivity index (χ3n) is 2.52. The zero-order valence-electron chi connectivity index (χ0n) is 10.3. The third-order valence-corrected chi connectivity index (χ3v) is 2.52. The minimum absolute atomic E-state index is 0.0889. The van der Waals surface area contributed by atoms with Gasteiger partial charge in [-0.15, -0.1) is 0 Å². The van der Waals surface area contributed by atoms with Gasteiger partial charge in [-0.25, -0.2) is 0 Å². The van der Waals surface area contributed by atoms with E-state index in [0.717, 1.165) is 5.56 Å². The number of benzene rings is 1. The summed E-state index contributed by atoms with van der Waals surface area (Å²) in [6, 6.07) is 7.01. The van der Waals surface area contributed by atoms with Crippen molar-refractivity contribution in [1.82, 2.24) is 0 Å². The smallest absolute Gasteiger partial charge is 0.312 e. The number of ether oxygens (including phenoxy) is 1. The summed E-state index contributed by atoms with van der Waals surface area (Å²) in [7, 11) is 0. The first-order valence-corrected chi connectivity index (χ1v) is 5.47. The number of aliphatic hydroxyl groups excluding tert-OH is 1. The van der Waals surface area contributed by atoms with Gasteiger partial charge in [0.25, 0.3) is 0 Å². The highest BCUT2D eigenvalue weighted by Crippen LogP contribution is 2.22. The molecule has 0 aliphatic rings. The Hall–Kier alpha value is -1.55. The summed E-state index contributed by atoms with van der Waals surface area (Å²) < 4.78 is 5.43. The summed E-state index contributed by atoms with van der Waals surface area (Å²) in [4.78, 5) is 10.9. The van der Waals surface area contributed by atoms with Crippen LogP contribution in [0.25, 0.3) is 0 Å². The lowest BCUT2D eigenvalue weighted by atomic mass is 9.95. The first-order chi connectivity index (χ1) is 7.83. The van der Waals surface area contributed by atoms with Gasteiger partial charge in [-0.3, -0.25) is 4.79 Å². The lowest BCUT2D eigenvalue weighted by molar-refractivity contribution is -0.148. The molecular weight excluding hydrogens is 220 g/mol. The number of aliphatic carboxylic acids is 1. The van der Waals surface area contributed by atoms with Crippen molar-refractivity contribution < 1.29 is 19.7 Å². The van der Waals surface area contributed by atoms with Gasteiger partial charge in [-0.1, -0.05) is 12.1 Å². The van der Waals surface area contributed by atoms with E-state index in [9.17, 15) is 9.90 Å². The molecule has 17 heavy (non-hydrogen) atoms. The van der Waals surface area contributed by atoms with Crippen molar-refractivity contribution in [3.63, 3.8) is 0 Å². The molecule has 94 valence electrons. The molecule has 0 saturated heterocycles. The van der Waals surface area contributed by atoms with Crippen LogP contribution in [0, 0.1) is 5.41 Å². The van der Waals surface area contributed by atoms with Crippen LogP contribution < -0.4 is 4.74 Å². The standard InChI is InChI=1S/C13H18O4/c1-9(14)10-5-4-6-11(7-10)17-8-13(2,3)12(15)16/h4-7,9,14H,8H2,1-3H3,(H,15,16)/t9-/m1/s1. The molecule has 0 bridgehead atoms. The Kier molecular flexibility index (Phi) is 4.12. The van der Waals surface area contributed by atoms with Gasteiger partial charge in [-0.05, 0) is 38.5 Å². The predicted molar refractivity (Wildman–Crippen MR) is 64.0 cm³/mol. The van der Waals surface area contributed by atoms with Crippen LogP contribution in [-0.2, 0) is 4.79 Å². The highest BCUT2D eigenvalue weighted by Gasteiger charge is 2.28. The summed E-state index contributed by atoms with van der Waals surface area (Å²) in [5.74, 6) is -0.332. The second-order valence-electron chi connectivity index (χ2n) is 4.73. The van der Waals surface area contributed by atoms with E-state index in [4.69, 9.17) is 9.84 Å². The number of rotatable bonds is 5. The molecule has 2 N–H and O–H groups in total. The zero-order chi connectivity index (χ0) is 13.1. The first-order valence-electron chi connectivity index (χ1n) is 5.47. The molecule has 0 spiro atoms. The Morgan fingerprint density at radius 3 is 2.65 bits per heavy atom. The van der Waals surface area contributed by atoms with Crippen LogP contribution in [0.1, 0.15) is 32.4 Å². The van der Waals surface area contributed by atoms with E-state index < -0.39 is 17.5 Å². The van der Waals surface area contributed by atoms with E-state index in [1.165, 1.54) is 0 Å². The van der Waals surface area contributed by atoms with Crippen molar-refractivity contribution in [3.8, 4) is 5.75 Å². The Bertz CT molecular complexity index is 396. The summed E-state index contributed by atoms with van der Waals surface area (Å²) in [5.41, 5.74) is -0.184. The molecule has 0 radical (unpaired) electrons. The topological polar surface area (TPSA) is 66.8 Å². The fourth-order valence-corrected chi connectivity index (χ4v) is 1.19. The van der Waals surface area contributed by atoms with Crippen molar-refractivity contribution in [2.45, 2.75) is 26.9 Å². The van der Waals surface area contributed by atoms with Crippen LogP contribution in [-0.4, -0.2) is 22.8 Å². The Morgan fingerprint density at radius 1 is 1.47 bits per heavy atom. The largest absolute Gasteiger partial charge is 0.492 e. The second kappa shape index (κ2) is 5.19. The van der Waals surface area contributed by atoms with Crippen molar-refractivity contribution in [1.29, 1.82) is 0 Å². The van der Waals surface area contributed by atoms with E-state index in [-0.39, 0.29) is 6.61 Å². The molecule has 0 aliphatic heterocycles. The summed E-state index contributed by atoms with van der Waals surface area (Å²) in [6.07, 6.45) is -0.564. The quantitative estimate of drug-likeness (QED) is 0.825. The van der Waals surface area contributed by atoms with Gasteiger partial charge >= 0.3 is 5.97 Å². The van der Waals surface area contributed by atoms with E-state index in [0.29, 0.717) is 5.75 Å². The molecule has 1 rings (SSSR count). The minimum atomic E-state index is -0.930. The number of carbonyl (C=O) groups is 1. The number of aliphatic hydroxyl groups is 1. The van der Waals surface area contributed by atoms with Gasteiger partial charge in [0.05, 0.1) is 11.5 Å². The molecule has 0 fully saturated rings. The number of carboxylic acid groups (broad SMARTS) is 1. The van der Waals surface area contributed by atoms with Gasteiger partial charge < -0.3 is 14.9 Å². The maximum absolute atomic E-state index is 10.9. The van der Waals surface area contributed by atoms with Crippen LogP contribution in [0.5, 0.6) is 5.75 Å². The molecule has 4 nitrogen and oxygen atoms in total. The maximum atomic E-state index is 10.9. The lowest BCUT2D eigenvalue weighted by Crippen LogP contribution is -2.30. The average molecular weight is 238 g/mol. The first kappa shape index (κ1) is 13.5. The maximum Gasteiger partial charge on any atom is 0.312 e. The Morgan fingerprint density at radius 2 is 2.12 bits per heavy atom. The zero-order valence-corrected chi connectivity index (χ0v) is 10.3. The van der Waals surface area contributed by atoms with Gasteiger partial charge in [0, 0.05) is 0 Å². The lowest BCUT2D eigenvalue weighted by Gasteiger charge is -2.19. The molecule has 0 aliphatic carbocycles. The van der Waals surface area contributed by atoms with Crippen molar-refractivity contribution >= 4 is 5.97 Å². The van der Waals surface area contributed by atoms with E-state index in [1.54, 1.807) is 45.0 Å². The predicted octanol–water partition coefficient (Wildman–Crippen LogP) is 2.23. The van der Waals surface area contributed by atoms with Gasteiger partial charge in [0.15, 0.2) is 0 Å². The summed E-state index contributed by atoms with van der Waals surface area (Å²) in [5, 5.41) is 18.4. The highest BCUT2D eigenvalue weighted by atomic mass is 16.5. The molecule has 1 aromatic rings. The Balaban J connectivity index is 2.70. The monoisotopic (exact) mass is 238 g/mol. The van der Waals surface area contributed by atoms with Crippen molar-refractivity contribution in [2.75, 3.05) is 6.61 Å². The van der Waals surface area contributed by atoms with E-state index in [2.05, 4.69) is 0 Å². The van der Waals surface area contributed by atoms with E-state index in [1.807, 2.05) is 0 Å². The van der Waals surface area contributed by atoms with Crippen LogP contribution in [0.2, 0.25) is 0 Å². The minimum Gasteiger partial charge on any atom is -0.492 e. The molecule has 1 atom stereocenters. The fraction of sp³-hybridized carbons (Fsp3) is 0.462. The molecule has 0 amide bonds. The van der Waals surface area contributed by atoms with Crippen molar-refractivity contribution in [2.24, 2.45) is 5.41 Å². The molecule has 1 aromatic carbocycles. The number of hydrogen-bond donors (Lipinski definition) is 2. The molecule has 0 aromatic heterocycles. The van der Waals surface area contributed by atoms with Crippen LogP contribution in [0.4, 0.5) is 0 Å². The van der Waals surface area contributed by atoms with Crippen LogP contribution in [0.15, 0.2) is 24.3 Å². The fourth-order valence-electron chi connectivity index (χ4n) is 1.19.